The molecule has 1 aromatic carbocycles. The van der Waals surface area contributed by atoms with E-state index in [1.54, 1.807) is 0 Å². The first-order chi connectivity index (χ1) is 9.38. The van der Waals surface area contributed by atoms with E-state index in [1.165, 1.54) is 42.1 Å². The molecule has 2 aromatic rings. The number of nitrogens with zero attached hydrogens (tertiary/aromatic N) is 1. The molecule has 19 heavy (non-hydrogen) atoms. The van der Waals surface area contributed by atoms with Crippen molar-refractivity contribution in [2.24, 2.45) is 5.92 Å². The van der Waals surface area contributed by atoms with Crippen LogP contribution in [0.3, 0.4) is 0 Å². The molecule has 1 aliphatic carbocycles. The zero-order valence-electron chi connectivity index (χ0n) is 11.6. The van der Waals surface area contributed by atoms with E-state index in [4.69, 9.17) is 0 Å². The highest BCUT2D eigenvalue weighted by Gasteiger charge is 2.23. The number of nitrogens with one attached hydrogen (secondary N) is 1. The summed E-state index contributed by atoms with van der Waals surface area (Å²) >= 11 is 0. The van der Waals surface area contributed by atoms with Gasteiger partial charge in [0.05, 0.1) is 11.7 Å². The first-order valence-corrected chi connectivity index (χ1v) is 7.45. The monoisotopic (exact) mass is 254 g/mol. The average molecular weight is 254 g/mol. The van der Waals surface area contributed by atoms with Gasteiger partial charge in [0.15, 0.2) is 0 Å². The summed E-state index contributed by atoms with van der Waals surface area (Å²) in [7, 11) is 0. The van der Waals surface area contributed by atoms with E-state index < -0.39 is 0 Å². The summed E-state index contributed by atoms with van der Waals surface area (Å²) in [6.07, 6.45) is 7.35. The Morgan fingerprint density at radius 3 is 2.89 bits per heavy atom. The molecule has 1 fully saturated rings. The highest BCUT2D eigenvalue weighted by atomic mass is 14.9. The second-order valence-electron chi connectivity index (χ2n) is 5.55. The van der Waals surface area contributed by atoms with Crippen molar-refractivity contribution in [2.75, 3.05) is 6.54 Å². The van der Waals surface area contributed by atoms with Crippen molar-refractivity contribution in [3.05, 3.63) is 42.2 Å². The molecule has 0 bridgehead atoms. The summed E-state index contributed by atoms with van der Waals surface area (Å²) in [5.41, 5.74) is 1.22. The Morgan fingerprint density at radius 1 is 1.26 bits per heavy atom. The molecular formula is C17H22N2. The lowest BCUT2D eigenvalue weighted by Gasteiger charge is -2.19. The second-order valence-corrected chi connectivity index (χ2v) is 5.55. The fourth-order valence-electron chi connectivity index (χ4n) is 2.81. The number of aromatic nitrogens is 1. The maximum absolute atomic E-state index is 4.66. The van der Waals surface area contributed by atoms with Crippen LogP contribution in [0.25, 0.3) is 10.8 Å². The highest BCUT2D eigenvalue weighted by molar-refractivity contribution is 5.84. The van der Waals surface area contributed by atoms with Crippen LogP contribution in [0.5, 0.6) is 0 Å². The Kier molecular flexibility index (Phi) is 3.79. The van der Waals surface area contributed by atoms with Crippen LogP contribution >= 0.6 is 0 Å². The largest absolute Gasteiger partial charge is 0.309 e. The number of hydrogen-bond donors (Lipinski definition) is 1. The van der Waals surface area contributed by atoms with E-state index >= 15 is 0 Å². The predicted molar refractivity (Wildman–Crippen MR) is 80.1 cm³/mol. The van der Waals surface area contributed by atoms with Gasteiger partial charge >= 0.3 is 0 Å². The van der Waals surface area contributed by atoms with Crippen molar-refractivity contribution in [1.29, 1.82) is 0 Å². The minimum Gasteiger partial charge on any atom is -0.309 e. The smallest absolute Gasteiger partial charge is 0.0651 e. The number of hydrogen-bond acceptors (Lipinski definition) is 2. The SMILES string of the molecule is CCNC(CCC1CC1)c1nccc2ccccc12. The number of rotatable bonds is 6. The molecular weight excluding hydrogens is 232 g/mol. The molecule has 0 aliphatic heterocycles. The Morgan fingerprint density at radius 2 is 2.11 bits per heavy atom. The average Bonchev–Trinajstić information content (AvgIpc) is 3.27. The molecule has 1 aliphatic rings. The Hall–Kier alpha value is -1.41. The van der Waals surface area contributed by atoms with E-state index in [0.29, 0.717) is 6.04 Å². The molecule has 3 rings (SSSR count). The molecule has 1 saturated carbocycles. The lowest BCUT2D eigenvalue weighted by atomic mass is 10.00. The van der Waals surface area contributed by atoms with Crippen molar-refractivity contribution in [2.45, 2.75) is 38.6 Å². The Bertz CT molecular complexity index is 540. The van der Waals surface area contributed by atoms with Crippen LogP contribution in [0, 0.1) is 5.92 Å². The van der Waals surface area contributed by atoms with Crippen molar-refractivity contribution < 1.29 is 0 Å². The molecule has 1 aromatic heterocycles. The summed E-state index contributed by atoms with van der Waals surface area (Å²) in [5.74, 6) is 0.983. The lowest BCUT2D eigenvalue weighted by Crippen LogP contribution is -2.22. The van der Waals surface area contributed by atoms with Crippen molar-refractivity contribution in [1.82, 2.24) is 10.3 Å². The van der Waals surface area contributed by atoms with Crippen LogP contribution in [-0.4, -0.2) is 11.5 Å². The zero-order chi connectivity index (χ0) is 13.1. The van der Waals surface area contributed by atoms with Gasteiger partial charge in [-0.1, -0.05) is 44.0 Å². The Labute approximate surface area is 115 Å². The summed E-state index contributed by atoms with van der Waals surface area (Å²) in [4.78, 5) is 4.66. The predicted octanol–water partition coefficient (Wildman–Crippen LogP) is 4.08. The zero-order valence-corrected chi connectivity index (χ0v) is 11.6. The fraction of sp³-hybridized carbons (Fsp3) is 0.471. The van der Waals surface area contributed by atoms with Crippen LogP contribution < -0.4 is 5.32 Å². The summed E-state index contributed by atoms with van der Waals surface area (Å²) < 4.78 is 0. The molecule has 1 atom stereocenters. The lowest BCUT2D eigenvalue weighted by molar-refractivity contribution is 0.475. The maximum atomic E-state index is 4.66. The van der Waals surface area contributed by atoms with Gasteiger partial charge in [0, 0.05) is 11.6 Å². The highest BCUT2D eigenvalue weighted by Crippen LogP contribution is 2.36. The first-order valence-electron chi connectivity index (χ1n) is 7.45. The number of benzene rings is 1. The van der Waals surface area contributed by atoms with Crippen LogP contribution in [-0.2, 0) is 0 Å². The first kappa shape index (κ1) is 12.6. The van der Waals surface area contributed by atoms with Gasteiger partial charge in [0.2, 0.25) is 0 Å². The van der Waals surface area contributed by atoms with Gasteiger partial charge in [-0.3, -0.25) is 4.98 Å². The van der Waals surface area contributed by atoms with Gasteiger partial charge in [0.25, 0.3) is 0 Å². The van der Waals surface area contributed by atoms with E-state index in [2.05, 4.69) is 47.6 Å². The molecule has 0 spiro atoms. The van der Waals surface area contributed by atoms with Crippen LogP contribution in [0.15, 0.2) is 36.5 Å². The van der Waals surface area contributed by atoms with Gasteiger partial charge in [0.1, 0.15) is 0 Å². The van der Waals surface area contributed by atoms with Crippen molar-refractivity contribution in [3.8, 4) is 0 Å². The van der Waals surface area contributed by atoms with E-state index in [9.17, 15) is 0 Å². The van der Waals surface area contributed by atoms with Crippen LogP contribution in [0.4, 0.5) is 0 Å². The fourth-order valence-corrected chi connectivity index (χ4v) is 2.81. The minimum atomic E-state index is 0.400. The molecule has 0 amide bonds. The molecule has 100 valence electrons. The third kappa shape index (κ3) is 2.95. The molecule has 0 radical (unpaired) electrons. The molecule has 1 heterocycles. The Balaban J connectivity index is 1.89. The standard InChI is InChI=1S/C17H22N2/c1-2-18-16(10-9-13-7-8-13)17-15-6-4-3-5-14(15)11-12-19-17/h3-6,11-13,16,18H,2,7-10H2,1H3. The van der Waals surface area contributed by atoms with E-state index in [1.807, 2.05) is 6.20 Å². The van der Waals surface area contributed by atoms with Crippen LogP contribution in [0.2, 0.25) is 0 Å². The van der Waals surface area contributed by atoms with Gasteiger partial charge in [-0.25, -0.2) is 0 Å². The van der Waals surface area contributed by atoms with Crippen molar-refractivity contribution >= 4 is 10.8 Å². The van der Waals surface area contributed by atoms with Crippen LogP contribution in [0.1, 0.15) is 44.3 Å². The van der Waals surface area contributed by atoms with Gasteiger partial charge in [-0.2, -0.15) is 0 Å². The molecule has 2 nitrogen and oxygen atoms in total. The normalized spacial score (nSPS) is 16.7. The quantitative estimate of drug-likeness (QED) is 0.840. The minimum absolute atomic E-state index is 0.400. The third-order valence-electron chi connectivity index (χ3n) is 4.05. The molecule has 1 unspecified atom stereocenters. The van der Waals surface area contributed by atoms with Crippen molar-refractivity contribution in [3.63, 3.8) is 0 Å². The van der Waals surface area contributed by atoms with Gasteiger partial charge < -0.3 is 5.32 Å². The summed E-state index contributed by atoms with van der Waals surface area (Å²) in [6, 6.07) is 11.1. The van der Waals surface area contributed by atoms with E-state index in [0.717, 1.165) is 12.5 Å². The van der Waals surface area contributed by atoms with Gasteiger partial charge in [-0.15, -0.1) is 0 Å². The maximum Gasteiger partial charge on any atom is 0.0651 e. The molecule has 0 saturated heterocycles. The third-order valence-corrected chi connectivity index (χ3v) is 4.05. The number of pyridine rings is 1. The summed E-state index contributed by atoms with van der Waals surface area (Å²) in [5, 5.41) is 6.20. The van der Waals surface area contributed by atoms with E-state index in [-0.39, 0.29) is 0 Å². The molecule has 2 heteroatoms. The van der Waals surface area contributed by atoms with Gasteiger partial charge in [-0.05, 0) is 36.8 Å². The second kappa shape index (κ2) is 5.70. The summed E-state index contributed by atoms with van der Waals surface area (Å²) in [6.45, 7) is 3.18. The topological polar surface area (TPSA) is 24.9 Å². The number of fused-ring (bicyclic) bond motifs is 1. The molecule has 1 N–H and O–H groups in total.